The van der Waals surface area contributed by atoms with Crippen LogP contribution in [0.2, 0.25) is 0 Å². The molecule has 0 spiro atoms. The molecule has 2 rings (SSSR count). The highest BCUT2D eigenvalue weighted by Crippen LogP contribution is 2.14. The van der Waals surface area contributed by atoms with E-state index in [1.54, 1.807) is 24.3 Å². The molecule has 124 valence electrons. The van der Waals surface area contributed by atoms with Crippen molar-refractivity contribution in [1.82, 2.24) is 5.32 Å². The number of rotatable bonds is 5. The predicted molar refractivity (Wildman–Crippen MR) is 88.1 cm³/mol. The summed E-state index contributed by atoms with van der Waals surface area (Å²) in [5.41, 5.74) is 0.875. The van der Waals surface area contributed by atoms with Crippen LogP contribution in [0.4, 0.5) is 15.8 Å². The summed E-state index contributed by atoms with van der Waals surface area (Å²) >= 11 is 0. The van der Waals surface area contributed by atoms with E-state index in [1.165, 1.54) is 31.2 Å². The maximum Gasteiger partial charge on any atom is 0.254 e. The molecule has 0 radical (unpaired) electrons. The van der Waals surface area contributed by atoms with E-state index in [0.29, 0.717) is 11.4 Å². The lowest BCUT2D eigenvalue weighted by Gasteiger charge is -2.09. The van der Waals surface area contributed by atoms with Crippen LogP contribution >= 0.6 is 0 Å². The van der Waals surface area contributed by atoms with Gasteiger partial charge in [-0.05, 0) is 30.3 Å². The van der Waals surface area contributed by atoms with Gasteiger partial charge in [0, 0.05) is 18.3 Å². The number of hydrogen-bond donors (Lipinski definition) is 3. The zero-order valence-electron chi connectivity index (χ0n) is 12.9. The van der Waals surface area contributed by atoms with E-state index >= 15 is 0 Å². The fraction of sp³-hybridized carbons (Fsp3) is 0.118. The van der Waals surface area contributed by atoms with Gasteiger partial charge in [-0.25, -0.2) is 4.39 Å². The highest BCUT2D eigenvalue weighted by Gasteiger charge is 2.12. The van der Waals surface area contributed by atoms with Crippen molar-refractivity contribution < 1.29 is 18.8 Å². The first-order valence-corrected chi connectivity index (χ1v) is 7.16. The van der Waals surface area contributed by atoms with Crippen molar-refractivity contribution in [3.63, 3.8) is 0 Å². The quantitative estimate of drug-likeness (QED) is 0.785. The van der Waals surface area contributed by atoms with Crippen LogP contribution in [-0.2, 0) is 9.59 Å². The lowest BCUT2D eigenvalue weighted by molar-refractivity contribution is -0.115. The van der Waals surface area contributed by atoms with Crippen LogP contribution in [0.5, 0.6) is 0 Å². The number of carbonyl (C=O) groups excluding carboxylic acids is 3. The molecule has 24 heavy (non-hydrogen) atoms. The smallest absolute Gasteiger partial charge is 0.254 e. The number of amides is 3. The van der Waals surface area contributed by atoms with Crippen LogP contribution in [0.25, 0.3) is 0 Å². The van der Waals surface area contributed by atoms with E-state index in [1.807, 2.05) is 0 Å². The van der Waals surface area contributed by atoms with Crippen LogP contribution in [0.3, 0.4) is 0 Å². The number of nitrogens with one attached hydrogen (secondary N) is 3. The molecule has 0 atom stereocenters. The Bertz CT molecular complexity index is 777. The summed E-state index contributed by atoms with van der Waals surface area (Å²) in [6, 6.07) is 12.1. The second-order valence-electron chi connectivity index (χ2n) is 4.97. The van der Waals surface area contributed by atoms with Crippen LogP contribution < -0.4 is 16.0 Å². The highest BCUT2D eigenvalue weighted by atomic mass is 19.1. The largest absolute Gasteiger partial charge is 0.343 e. The zero-order valence-corrected chi connectivity index (χ0v) is 12.9. The predicted octanol–water partition coefficient (Wildman–Crippen LogP) is 2.15. The van der Waals surface area contributed by atoms with E-state index in [2.05, 4.69) is 16.0 Å². The Morgan fingerprint density at radius 2 is 1.62 bits per heavy atom. The molecule has 2 aromatic rings. The Kier molecular flexibility index (Phi) is 5.62. The van der Waals surface area contributed by atoms with Crippen LogP contribution in [0.1, 0.15) is 17.3 Å². The fourth-order valence-electron chi connectivity index (χ4n) is 1.98. The average Bonchev–Trinajstić information content (AvgIpc) is 2.53. The van der Waals surface area contributed by atoms with Crippen molar-refractivity contribution in [3.8, 4) is 0 Å². The molecule has 0 unspecified atom stereocenters. The van der Waals surface area contributed by atoms with Crippen LogP contribution in [0.15, 0.2) is 48.5 Å². The minimum absolute atomic E-state index is 0.127. The number of anilines is 2. The lowest BCUT2D eigenvalue weighted by atomic mass is 10.2. The Balaban J connectivity index is 1.91. The molecule has 0 saturated heterocycles. The van der Waals surface area contributed by atoms with Gasteiger partial charge in [0.05, 0.1) is 12.1 Å². The van der Waals surface area contributed by atoms with E-state index in [4.69, 9.17) is 0 Å². The molecule has 0 aromatic heterocycles. The van der Waals surface area contributed by atoms with Crippen molar-refractivity contribution in [1.29, 1.82) is 0 Å². The molecular weight excluding hydrogens is 313 g/mol. The Morgan fingerprint density at radius 1 is 0.958 bits per heavy atom. The third kappa shape index (κ3) is 4.91. The summed E-state index contributed by atoms with van der Waals surface area (Å²) in [7, 11) is 0. The maximum absolute atomic E-state index is 13.5. The van der Waals surface area contributed by atoms with Crippen molar-refractivity contribution in [2.75, 3.05) is 17.2 Å². The monoisotopic (exact) mass is 329 g/mol. The van der Waals surface area contributed by atoms with Gasteiger partial charge in [-0.3, -0.25) is 14.4 Å². The maximum atomic E-state index is 13.5. The molecule has 0 heterocycles. The Hall–Kier alpha value is -3.22. The summed E-state index contributed by atoms with van der Waals surface area (Å²) < 4.78 is 13.5. The third-order valence-corrected chi connectivity index (χ3v) is 2.99. The van der Waals surface area contributed by atoms with Crippen molar-refractivity contribution in [3.05, 3.63) is 59.9 Å². The standard InChI is InChI=1S/C17H16FN3O3/c1-11(22)20-12-5-4-6-13(9-12)21-16(23)10-19-17(24)14-7-2-3-8-15(14)18/h2-9H,10H2,1H3,(H,19,24)(H,20,22)(H,21,23). The summed E-state index contributed by atoms with van der Waals surface area (Å²) in [5.74, 6) is -2.02. The van der Waals surface area contributed by atoms with Gasteiger partial charge in [-0.1, -0.05) is 18.2 Å². The Labute approximate surface area is 138 Å². The minimum Gasteiger partial charge on any atom is -0.343 e. The van der Waals surface area contributed by atoms with E-state index in [9.17, 15) is 18.8 Å². The molecule has 0 aliphatic carbocycles. The zero-order chi connectivity index (χ0) is 17.5. The van der Waals surface area contributed by atoms with Crippen molar-refractivity contribution in [2.45, 2.75) is 6.92 Å². The molecule has 0 aliphatic heterocycles. The van der Waals surface area contributed by atoms with Gasteiger partial charge in [0.1, 0.15) is 5.82 Å². The molecule has 7 heteroatoms. The third-order valence-electron chi connectivity index (χ3n) is 2.99. The number of carbonyl (C=O) groups is 3. The average molecular weight is 329 g/mol. The van der Waals surface area contributed by atoms with Gasteiger partial charge in [0.2, 0.25) is 11.8 Å². The second kappa shape index (κ2) is 7.87. The van der Waals surface area contributed by atoms with Gasteiger partial charge in [-0.2, -0.15) is 0 Å². The number of benzene rings is 2. The Morgan fingerprint density at radius 3 is 2.29 bits per heavy atom. The lowest BCUT2D eigenvalue weighted by Crippen LogP contribution is -2.33. The van der Waals surface area contributed by atoms with Crippen LogP contribution in [-0.4, -0.2) is 24.3 Å². The van der Waals surface area contributed by atoms with Gasteiger partial charge < -0.3 is 16.0 Å². The normalized spacial score (nSPS) is 9.92. The SMILES string of the molecule is CC(=O)Nc1cccc(NC(=O)CNC(=O)c2ccccc2F)c1. The molecule has 0 bridgehead atoms. The van der Waals surface area contributed by atoms with Crippen LogP contribution in [0, 0.1) is 5.82 Å². The van der Waals surface area contributed by atoms with Gasteiger partial charge in [0.15, 0.2) is 0 Å². The summed E-state index contributed by atoms with van der Waals surface area (Å²) in [4.78, 5) is 34.7. The second-order valence-corrected chi connectivity index (χ2v) is 4.97. The van der Waals surface area contributed by atoms with Crippen molar-refractivity contribution >= 4 is 29.1 Å². The number of halogens is 1. The molecule has 0 aliphatic rings. The summed E-state index contributed by atoms with van der Waals surface area (Å²) in [6.07, 6.45) is 0. The minimum atomic E-state index is -0.671. The van der Waals surface area contributed by atoms with Crippen molar-refractivity contribution in [2.24, 2.45) is 0 Å². The molecule has 0 saturated carbocycles. The summed E-state index contributed by atoms with van der Waals surface area (Å²) in [6.45, 7) is 1.07. The topological polar surface area (TPSA) is 87.3 Å². The molecule has 6 nitrogen and oxygen atoms in total. The first-order chi connectivity index (χ1) is 11.5. The molecule has 3 N–H and O–H groups in total. The molecular formula is C17H16FN3O3. The number of hydrogen-bond acceptors (Lipinski definition) is 3. The van der Waals surface area contributed by atoms with E-state index in [0.717, 1.165) is 0 Å². The van der Waals surface area contributed by atoms with Gasteiger partial charge >= 0.3 is 0 Å². The highest BCUT2D eigenvalue weighted by molar-refractivity contribution is 5.99. The molecule has 3 amide bonds. The first-order valence-electron chi connectivity index (χ1n) is 7.16. The molecule has 0 fully saturated rings. The van der Waals surface area contributed by atoms with Gasteiger partial charge in [0.25, 0.3) is 5.91 Å². The van der Waals surface area contributed by atoms with E-state index in [-0.39, 0.29) is 18.0 Å². The summed E-state index contributed by atoms with van der Waals surface area (Å²) in [5, 5.41) is 7.52. The fourth-order valence-corrected chi connectivity index (χ4v) is 1.98. The van der Waals surface area contributed by atoms with E-state index < -0.39 is 17.6 Å². The first kappa shape index (κ1) is 17.1. The molecule has 2 aromatic carbocycles. The van der Waals surface area contributed by atoms with Gasteiger partial charge in [-0.15, -0.1) is 0 Å².